The quantitative estimate of drug-likeness (QED) is 0.498. The van der Waals surface area contributed by atoms with E-state index < -0.39 is 0 Å². The number of hydrogen-bond donors (Lipinski definition) is 1. The van der Waals surface area contributed by atoms with Gasteiger partial charge in [-0.15, -0.1) is 0 Å². The Labute approximate surface area is 124 Å². The fourth-order valence-electron chi connectivity index (χ4n) is 1.13. The highest BCUT2D eigenvalue weighted by Gasteiger charge is 1.90. The second kappa shape index (κ2) is 23.9. The maximum absolute atomic E-state index is 7.94. The maximum atomic E-state index is 7.94. The number of hydrogen-bond acceptors (Lipinski definition) is 5. The third-order valence-corrected chi connectivity index (χ3v) is 2.32. The first-order valence-electron chi connectivity index (χ1n) is 7.66. The summed E-state index contributed by atoms with van der Waals surface area (Å²) in [6.07, 6.45) is 4.65. The van der Waals surface area contributed by atoms with Crippen LogP contribution >= 0.6 is 0 Å². The molecule has 0 aliphatic carbocycles. The van der Waals surface area contributed by atoms with E-state index >= 15 is 0 Å². The van der Waals surface area contributed by atoms with Crippen molar-refractivity contribution in [3.05, 3.63) is 0 Å². The number of ether oxygens (including phenoxy) is 4. The van der Waals surface area contributed by atoms with Crippen LogP contribution in [0.25, 0.3) is 0 Å². The Kier molecular flexibility index (Phi) is 26.4. The summed E-state index contributed by atoms with van der Waals surface area (Å²) in [6, 6.07) is 0. The van der Waals surface area contributed by atoms with Crippen LogP contribution in [0.2, 0.25) is 0 Å². The molecule has 0 aromatic rings. The molecule has 0 radical (unpaired) electrons. The van der Waals surface area contributed by atoms with Crippen molar-refractivity contribution in [2.24, 2.45) is 0 Å². The minimum Gasteiger partial charge on any atom is -0.394 e. The van der Waals surface area contributed by atoms with E-state index in [0.29, 0.717) is 33.0 Å². The van der Waals surface area contributed by atoms with Gasteiger partial charge >= 0.3 is 0 Å². The van der Waals surface area contributed by atoms with Crippen molar-refractivity contribution in [2.75, 3.05) is 60.0 Å². The Balaban J connectivity index is 0. The Hall–Kier alpha value is -0.200. The van der Waals surface area contributed by atoms with Crippen LogP contribution in [-0.2, 0) is 18.9 Å². The van der Waals surface area contributed by atoms with Crippen LogP contribution in [0.5, 0.6) is 0 Å². The third-order valence-electron chi connectivity index (χ3n) is 2.32. The van der Waals surface area contributed by atoms with Crippen LogP contribution in [0.1, 0.15) is 39.5 Å². The molecule has 0 rings (SSSR count). The highest BCUT2D eigenvalue weighted by molar-refractivity contribution is 4.36. The Morgan fingerprint density at radius 3 is 1.30 bits per heavy atom. The normalized spacial score (nSPS) is 10.2. The van der Waals surface area contributed by atoms with Gasteiger partial charge in [0.2, 0.25) is 0 Å². The van der Waals surface area contributed by atoms with Crippen molar-refractivity contribution in [1.82, 2.24) is 0 Å². The van der Waals surface area contributed by atoms with Crippen LogP contribution in [0.3, 0.4) is 0 Å². The zero-order valence-electron chi connectivity index (χ0n) is 13.6. The van der Waals surface area contributed by atoms with E-state index in [4.69, 9.17) is 19.3 Å². The van der Waals surface area contributed by atoms with E-state index in [0.717, 1.165) is 26.1 Å². The van der Waals surface area contributed by atoms with Crippen molar-refractivity contribution in [3.63, 3.8) is 0 Å². The van der Waals surface area contributed by atoms with E-state index in [-0.39, 0.29) is 6.61 Å². The highest BCUT2D eigenvalue weighted by atomic mass is 16.5. The van der Waals surface area contributed by atoms with Crippen molar-refractivity contribution in [2.45, 2.75) is 39.5 Å². The highest BCUT2D eigenvalue weighted by Crippen LogP contribution is 1.89. The van der Waals surface area contributed by atoms with Gasteiger partial charge < -0.3 is 24.1 Å². The lowest BCUT2D eigenvalue weighted by atomic mass is 10.4. The third kappa shape index (κ3) is 26.4. The van der Waals surface area contributed by atoms with Crippen LogP contribution in [0, 0.1) is 0 Å². The molecule has 0 fully saturated rings. The summed E-state index contributed by atoms with van der Waals surface area (Å²) >= 11 is 0. The molecule has 124 valence electrons. The van der Waals surface area contributed by atoms with Gasteiger partial charge in [-0.3, -0.25) is 0 Å². The fourth-order valence-corrected chi connectivity index (χ4v) is 1.13. The van der Waals surface area contributed by atoms with Gasteiger partial charge in [-0.05, 0) is 12.8 Å². The lowest BCUT2D eigenvalue weighted by Crippen LogP contribution is -2.10. The Morgan fingerprint density at radius 2 is 1.05 bits per heavy atom. The van der Waals surface area contributed by atoms with Crippen molar-refractivity contribution in [1.29, 1.82) is 0 Å². The molecule has 20 heavy (non-hydrogen) atoms. The predicted molar refractivity (Wildman–Crippen MR) is 81.2 cm³/mol. The molecule has 0 aromatic carbocycles. The van der Waals surface area contributed by atoms with E-state index in [1.165, 1.54) is 12.8 Å². The number of methoxy groups -OCH3 is 1. The summed E-state index contributed by atoms with van der Waals surface area (Å²) in [4.78, 5) is 0. The molecule has 0 heterocycles. The van der Waals surface area contributed by atoms with Gasteiger partial charge in [-0.2, -0.15) is 0 Å². The van der Waals surface area contributed by atoms with Crippen LogP contribution < -0.4 is 0 Å². The summed E-state index contributed by atoms with van der Waals surface area (Å²) in [5.41, 5.74) is 0. The minimum absolute atomic E-state index is 0.122. The molecule has 0 spiro atoms. The van der Waals surface area contributed by atoms with E-state index in [9.17, 15) is 0 Å². The van der Waals surface area contributed by atoms with Gasteiger partial charge in [-0.1, -0.05) is 26.7 Å². The molecule has 5 nitrogen and oxygen atoms in total. The summed E-state index contributed by atoms with van der Waals surface area (Å²) in [7, 11) is 1.55. The fraction of sp³-hybridized carbons (Fsp3) is 1.00. The second-order valence-electron chi connectivity index (χ2n) is 4.26. The SMILES string of the molecule is CCCCOCCOCCOCCCC.COCCO. The molecule has 0 unspecified atom stereocenters. The smallest absolute Gasteiger partial charge is 0.0701 e. The van der Waals surface area contributed by atoms with Gasteiger partial charge in [0.1, 0.15) is 0 Å². The van der Waals surface area contributed by atoms with Gasteiger partial charge in [0.25, 0.3) is 0 Å². The standard InChI is InChI=1S/C12H26O3.C3H8O2/c1-3-5-7-13-9-11-15-12-10-14-8-6-4-2;1-5-3-2-4/h3-12H2,1-2H3;4H,2-3H2,1H3. The van der Waals surface area contributed by atoms with Crippen molar-refractivity contribution < 1.29 is 24.1 Å². The molecular weight excluding hydrogens is 260 g/mol. The molecule has 0 atom stereocenters. The molecule has 0 saturated carbocycles. The summed E-state index contributed by atoms with van der Waals surface area (Å²) in [5.74, 6) is 0. The first-order chi connectivity index (χ1) is 9.83. The topological polar surface area (TPSA) is 57.2 Å². The molecule has 0 aromatic heterocycles. The van der Waals surface area contributed by atoms with Gasteiger partial charge in [-0.25, -0.2) is 0 Å². The molecule has 1 N–H and O–H groups in total. The largest absolute Gasteiger partial charge is 0.394 e. The molecule has 0 amide bonds. The van der Waals surface area contributed by atoms with Crippen molar-refractivity contribution in [3.8, 4) is 0 Å². The van der Waals surface area contributed by atoms with E-state index in [1.54, 1.807) is 7.11 Å². The summed E-state index contributed by atoms with van der Waals surface area (Å²) in [5, 5.41) is 7.94. The molecule has 5 heteroatoms. The molecule has 0 saturated heterocycles. The summed E-state index contributed by atoms with van der Waals surface area (Å²) in [6.45, 7) is 9.36. The first kappa shape index (κ1) is 22.1. The number of rotatable bonds is 14. The molecule has 0 aliphatic rings. The average Bonchev–Trinajstić information content (AvgIpc) is 2.46. The Bertz CT molecular complexity index is 130. The zero-order chi connectivity index (χ0) is 15.3. The predicted octanol–water partition coefficient (Wildman–Crippen LogP) is 2.26. The van der Waals surface area contributed by atoms with Crippen LogP contribution in [0.15, 0.2) is 0 Å². The second-order valence-corrected chi connectivity index (χ2v) is 4.26. The lowest BCUT2D eigenvalue weighted by Gasteiger charge is -2.06. The Morgan fingerprint density at radius 1 is 0.650 bits per heavy atom. The van der Waals surface area contributed by atoms with Gasteiger partial charge in [0.15, 0.2) is 0 Å². The zero-order valence-corrected chi connectivity index (χ0v) is 13.6. The van der Waals surface area contributed by atoms with Crippen molar-refractivity contribution >= 4 is 0 Å². The lowest BCUT2D eigenvalue weighted by molar-refractivity contribution is 0.0136. The molecule has 0 bridgehead atoms. The number of unbranched alkanes of at least 4 members (excludes halogenated alkanes) is 2. The molecule has 0 aliphatic heterocycles. The van der Waals surface area contributed by atoms with Crippen LogP contribution in [-0.4, -0.2) is 65.1 Å². The van der Waals surface area contributed by atoms with Crippen LogP contribution in [0.4, 0.5) is 0 Å². The summed E-state index contributed by atoms with van der Waals surface area (Å²) < 4.78 is 20.5. The first-order valence-corrected chi connectivity index (χ1v) is 7.66. The maximum Gasteiger partial charge on any atom is 0.0701 e. The monoisotopic (exact) mass is 294 g/mol. The molecular formula is C15H34O5. The number of aliphatic hydroxyl groups is 1. The average molecular weight is 294 g/mol. The van der Waals surface area contributed by atoms with Gasteiger partial charge in [0, 0.05) is 20.3 Å². The minimum atomic E-state index is 0.122. The number of aliphatic hydroxyl groups excluding tert-OH is 1. The van der Waals surface area contributed by atoms with E-state index in [2.05, 4.69) is 18.6 Å². The van der Waals surface area contributed by atoms with E-state index in [1.807, 2.05) is 0 Å². The van der Waals surface area contributed by atoms with Gasteiger partial charge in [0.05, 0.1) is 39.6 Å².